The van der Waals surface area contributed by atoms with E-state index in [0.29, 0.717) is 23.5 Å². The molecule has 0 N–H and O–H groups in total. The monoisotopic (exact) mass is 337 g/mol. The molecule has 0 atom stereocenters. The van der Waals surface area contributed by atoms with Gasteiger partial charge in [0.2, 0.25) is 0 Å². The van der Waals surface area contributed by atoms with Crippen molar-refractivity contribution >= 4 is 17.4 Å². The first-order valence-electron chi connectivity index (χ1n) is 7.57. The Bertz CT molecular complexity index is 860. The van der Waals surface area contributed by atoms with E-state index >= 15 is 0 Å². The highest BCUT2D eigenvalue weighted by molar-refractivity contribution is 6.33. The van der Waals surface area contributed by atoms with Gasteiger partial charge in [0.25, 0.3) is 0 Å². The molecule has 0 saturated heterocycles. The third-order valence-corrected chi connectivity index (χ3v) is 3.93. The lowest BCUT2D eigenvalue weighted by molar-refractivity contribution is 0.103. The van der Waals surface area contributed by atoms with Gasteiger partial charge in [-0.2, -0.15) is 0 Å². The van der Waals surface area contributed by atoms with Crippen molar-refractivity contribution in [2.45, 2.75) is 13.5 Å². The van der Waals surface area contributed by atoms with Gasteiger partial charge in [0.15, 0.2) is 5.78 Å². The second-order valence-electron chi connectivity index (χ2n) is 5.47. The van der Waals surface area contributed by atoms with Crippen molar-refractivity contribution in [3.63, 3.8) is 0 Å². The maximum absolute atomic E-state index is 12.6. The standard InChI is InChI=1S/C20H16ClNO2/c1-14-7-9-15(10-8-14)13-24-17-5-2-4-16(12-17)19(23)18-6-3-11-22-20(18)21/h2-12H,13H2,1H3. The molecule has 3 rings (SSSR count). The van der Waals surface area contributed by atoms with E-state index in [2.05, 4.69) is 4.98 Å². The normalized spacial score (nSPS) is 10.4. The molecule has 0 radical (unpaired) electrons. The SMILES string of the molecule is Cc1ccc(COc2cccc(C(=O)c3cccnc3Cl)c2)cc1. The highest BCUT2D eigenvalue weighted by atomic mass is 35.5. The van der Waals surface area contributed by atoms with Gasteiger partial charge in [0.1, 0.15) is 17.5 Å². The lowest BCUT2D eigenvalue weighted by Gasteiger charge is -2.08. The predicted molar refractivity (Wildman–Crippen MR) is 94.6 cm³/mol. The first-order chi connectivity index (χ1) is 11.6. The van der Waals surface area contributed by atoms with E-state index in [1.807, 2.05) is 37.3 Å². The smallest absolute Gasteiger partial charge is 0.196 e. The van der Waals surface area contributed by atoms with E-state index < -0.39 is 0 Å². The van der Waals surface area contributed by atoms with Crippen LogP contribution in [0.15, 0.2) is 66.9 Å². The number of rotatable bonds is 5. The van der Waals surface area contributed by atoms with Gasteiger partial charge >= 0.3 is 0 Å². The lowest BCUT2D eigenvalue weighted by Crippen LogP contribution is -2.04. The molecule has 0 saturated carbocycles. The Kier molecular flexibility index (Phi) is 4.92. The molecule has 0 spiro atoms. The number of nitrogens with zero attached hydrogens (tertiary/aromatic N) is 1. The molecule has 0 amide bonds. The van der Waals surface area contributed by atoms with Crippen LogP contribution in [0.2, 0.25) is 5.15 Å². The number of hydrogen-bond donors (Lipinski definition) is 0. The zero-order chi connectivity index (χ0) is 16.9. The van der Waals surface area contributed by atoms with Crippen LogP contribution in [-0.2, 0) is 6.61 Å². The van der Waals surface area contributed by atoms with E-state index in [9.17, 15) is 4.79 Å². The van der Waals surface area contributed by atoms with Crippen LogP contribution in [0.3, 0.4) is 0 Å². The van der Waals surface area contributed by atoms with Crippen LogP contribution in [0.5, 0.6) is 5.75 Å². The van der Waals surface area contributed by atoms with Crippen molar-refractivity contribution in [3.8, 4) is 5.75 Å². The number of aromatic nitrogens is 1. The fraction of sp³-hybridized carbons (Fsp3) is 0.100. The number of halogens is 1. The third kappa shape index (κ3) is 3.81. The summed E-state index contributed by atoms with van der Waals surface area (Å²) in [6, 6.07) is 18.6. The van der Waals surface area contributed by atoms with Gasteiger partial charge in [-0.15, -0.1) is 0 Å². The van der Waals surface area contributed by atoms with Crippen LogP contribution in [0.1, 0.15) is 27.0 Å². The minimum absolute atomic E-state index is 0.172. The molecular formula is C20H16ClNO2. The summed E-state index contributed by atoms with van der Waals surface area (Å²) >= 11 is 6.00. The molecule has 0 aliphatic rings. The molecular weight excluding hydrogens is 322 g/mol. The molecule has 1 heterocycles. The summed E-state index contributed by atoms with van der Waals surface area (Å²) < 4.78 is 5.79. The minimum atomic E-state index is -0.172. The Hall–Kier alpha value is -2.65. The number of pyridine rings is 1. The Morgan fingerprint density at radius 2 is 1.88 bits per heavy atom. The Balaban J connectivity index is 1.75. The lowest BCUT2D eigenvalue weighted by atomic mass is 10.0. The number of carbonyl (C=O) groups is 1. The first kappa shape index (κ1) is 16.2. The van der Waals surface area contributed by atoms with E-state index in [-0.39, 0.29) is 10.9 Å². The summed E-state index contributed by atoms with van der Waals surface area (Å²) in [5, 5.41) is 0.202. The number of benzene rings is 2. The van der Waals surface area contributed by atoms with Crippen molar-refractivity contribution in [3.05, 3.63) is 94.3 Å². The summed E-state index contributed by atoms with van der Waals surface area (Å²) in [5.41, 5.74) is 3.19. The van der Waals surface area contributed by atoms with Crippen LogP contribution in [0.4, 0.5) is 0 Å². The van der Waals surface area contributed by atoms with Gasteiger partial charge in [0, 0.05) is 11.8 Å². The van der Waals surface area contributed by atoms with Gasteiger partial charge in [-0.05, 0) is 36.8 Å². The Morgan fingerprint density at radius 3 is 2.62 bits per heavy atom. The van der Waals surface area contributed by atoms with Gasteiger partial charge < -0.3 is 4.74 Å². The molecule has 0 bridgehead atoms. The maximum Gasteiger partial charge on any atom is 0.196 e. The van der Waals surface area contributed by atoms with Crippen molar-refractivity contribution in [2.75, 3.05) is 0 Å². The van der Waals surface area contributed by atoms with Crippen LogP contribution in [-0.4, -0.2) is 10.8 Å². The van der Waals surface area contributed by atoms with E-state index in [1.54, 1.807) is 36.5 Å². The van der Waals surface area contributed by atoms with Crippen molar-refractivity contribution < 1.29 is 9.53 Å². The number of aryl methyl sites for hydroxylation is 1. The molecule has 120 valence electrons. The van der Waals surface area contributed by atoms with Crippen molar-refractivity contribution in [1.82, 2.24) is 4.98 Å². The minimum Gasteiger partial charge on any atom is -0.489 e. The van der Waals surface area contributed by atoms with E-state index in [1.165, 1.54) is 5.56 Å². The number of ketones is 1. The summed E-state index contributed by atoms with van der Waals surface area (Å²) in [5.74, 6) is 0.468. The van der Waals surface area contributed by atoms with Crippen LogP contribution >= 0.6 is 11.6 Å². The molecule has 3 aromatic rings. The number of hydrogen-bond acceptors (Lipinski definition) is 3. The van der Waals surface area contributed by atoms with Gasteiger partial charge in [0.05, 0.1) is 5.56 Å². The third-order valence-electron chi connectivity index (χ3n) is 3.63. The van der Waals surface area contributed by atoms with Gasteiger partial charge in [-0.25, -0.2) is 4.98 Å². The molecule has 24 heavy (non-hydrogen) atoms. The highest BCUT2D eigenvalue weighted by Gasteiger charge is 2.13. The fourth-order valence-electron chi connectivity index (χ4n) is 2.29. The molecule has 2 aromatic carbocycles. The van der Waals surface area contributed by atoms with Crippen LogP contribution < -0.4 is 4.74 Å². The Labute approximate surface area is 145 Å². The largest absolute Gasteiger partial charge is 0.489 e. The van der Waals surface area contributed by atoms with E-state index in [4.69, 9.17) is 16.3 Å². The molecule has 0 unspecified atom stereocenters. The molecule has 0 aliphatic carbocycles. The van der Waals surface area contributed by atoms with Gasteiger partial charge in [-0.1, -0.05) is 53.6 Å². The average molecular weight is 338 g/mol. The Morgan fingerprint density at radius 1 is 1.08 bits per heavy atom. The molecule has 1 aromatic heterocycles. The second-order valence-corrected chi connectivity index (χ2v) is 5.83. The summed E-state index contributed by atoms with van der Waals surface area (Å²) in [6.45, 7) is 2.49. The molecule has 0 fully saturated rings. The molecule has 0 aliphatic heterocycles. The molecule has 3 nitrogen and oxygen atoms in total. The van der Waals surface area contributed by atoms with Crippen LogP contribution in [0.25, 0.3) is 0 Å². The van der Waals surface area contributed by atoms with Crippen LogP contribution in [0, 0.1) is 6.92 Å². The summed E-state index contributed by atoms with van der Waals surface area (Å²) in [7, 11) is 0. The quantitative estimate of drug-likeness (QED) is 0.493. The first-order valence-corrected chi connectivity index (χ1v) is 7.95. The average Bonchev–Trinajstić information content (AvgIpc) is 2.61. The maximum atomic E-state index is 12.6. The highest BCUT2D eigenvalue weighted by Crippen LogP contribution is 2.21. The second kappa shape index (κ2) is 7.28. The fourth-order valence-corrected chi connectivity index (χ4v) is 2.49. The van der Waals surface area contributed by atoms with Gasteiger partial charge in [-0.3, -0.25) is 4.79 Å². The summed E-state index contributed by atoms with van der Waals surface area (Å²) in [6.07, 6.45) is 1.56. The topological polar surface area (TPSA) is 39.2 Å². The number of ether oxygens (including phenoxy) is 1. The zero-order valence-corrected chi connectivity index (χ0v) is 14.0. The number of carbonyl (C=O) groups excluding carboxylic acids is 1. The van der Waals surface area contributed by atoms with E-state index in [0.717, 1.165) is 5.56 Å². The molecule has 4 heteroatoms. The predicted octanol–water partition coefficient (Wildman–Crippen LogP) is 4.85. The zero-order valence-electron chi connectivity index (χ0n) is 13.2. The van der Waals surface area contributed by atoms with Crippen molar-refractivity contribution in [1.29, 1.82) is 0 Å². The van der Waals surface area contributed by atoms with Crippen molar-refractivity contribution in [2.24, 2.45) is 0 Å². The summed E-state index contributed by atoms with van der Waals surface area (Å²) in [4.78, 5) is 16.5.